The highest BCUT2D eigenvalue weighted by Gasteiger charge is 2.19. The molecule has 1 aromatic rings. The van der Waals surface area contributed by atoms with Crippen molar-refractivity contribution < 1.29 is 0 Å². The quantitative estimate of drug-likeness (QED) is 0.867. The minimum absolute atomic E-state index is 0.703. The maximum Gasteiger partial charge on any atom is 0.198 e. The Hall–Kier alpha value is -0.680. The maximum absolute atomic E-state index is 4.56. The van der Waals surface area contributed by atoms with Gasteiger partial charge in [-0.05, 0) is 28.3 Å². The van der Waals surface area contributed by atoms with Gasteiger partial charge in [-0.15, -0.1) is 0 Å². The van der Waals surface area contributed by atoms with Crippen LogP contribution in [0.3, 0.4) is 0 Å². The minimum atomic E-state index is 0.703. The lowest BCUT2D eigenvalue weighted by Gasteiger charge is -2.26. The predicted molar refractivity (Wildman–Crippen MR) is 77.9 cm³/mol. The summed E-state index contributed by atoms with van der Waals surface area (Å²) in [5.74, 6) is 1.78. The van der Waals surface area contributed by atoms with Crippen molar-refractivity contribution in [1.82, 2.24) is 15.3 Å². The molecule has 0 aliphatic carbocycles. The van der Waals surface area contributed by atoms with Crippen molar-refractivity contribution in [2.45, 2.75) is 33.2 Å². The van der Waals surface area contributed by atoms with Crippen molar-refractivity contribution in [2.24, 2.45) is 5.92 Å². The van der Waals surface area contributed by atoms with E-state index in [1.807, 2.05) is 0 Å². The average molecular weight is 313 g/mol. The molecule has 1 aliphatic heterocycles. The molecule has 0 atom stereocenters. The number of nitrogens with zero attached hydrogens (tertiary/aromatic N) is 3. The SMILES string of the molecule is CC(C)CCN(C)c1nc(Br)nc2c1CNCC2. The molecule has 0 unspecified atom stereocenters. The summed E-state index contributed by atoms with van der Waals surface area (Å²) in [7, 11) is 2.12. The molecule has 5 heteroatoms. The van der Waals surface area contributed by atoms with E-state index in [9.17, 15) is 0 Å². The first-order chi connectivity index (χ1) is 8.58. The van der Waals surface area contributed by atoms with Crippen LogP contribution >= 0.6 is 15.9 Å². The van der Waals surface area contributed by atoms with Gasteiger partial charge in [-0.1, -0.05) is 13.8 Å². The first-order valence-electron chi connectivity index (χ1n) is 6.55. The van der Waals surface area contributed by atoms with Crippen LogP contribution in [-0.4, -0.2) is 30.1 Å². The molecule has 100 valence electrons. The Kier molecular flexibility index (Phi) is 4.56. The summed E-state index contributed by atoms with van der Waals surface area (Å²) in [5.41, 5.74) is 2.44. The summed E-state index contributed by atoms with van der Waals surface area (Å²) >= 11 is 3.42. The zero-order chi connectivity index (χ0) is 13.1. The van der Waals surface area contributed by atoms with Crippen LogP contribution in [-0.2, 0) is 13.0 Å². The summed E-state index contributed by atoms with van der Waals surface area (Å²) in [6, 6.07) is 0. The third kappa shape index (κ3) is 3.20. The van der Waals surface area contributed by atoms with Gasteiger partial charge in [0.2, 0.25) is 0 Å². The monoisotopic (exact) mass is 312 g/mol. The summed E-state index contributed by atoms with van der Waals surface area (Å²) in [4.78, 5) is 11.3. The third-order valence-corrected chi connectivity index (χ3v) is 3.64. The second kappa shape index (κ2) is 5.97. The number of hydrogen-bond acceptors (Lipinski definition) is 4. The molecule has 0 spiro atoms. The largest absolute Gasteiger partial charge is 0.359 e. The number of hydrogen-bond donors (Lipinski definition) is 1. The topological polar surface area (TPSA) is 41.1 Å². The van der Waals surface area contributed by atoms with Crippen LogP contribution in [0.5, 0.6) is 0 Å². The molecule has 2 heterocycles. The van der Waals surface area contributed by atoms with Crippen LogP contribution < -0.4 is 10.2 Å². The normalized spacial score (nSPS) is 14.7. The summed E-state index contributed by atoms with van der Waals surface area (Å²) in [5, 5.41) is 3.40. The first-order valence-corrected chi connectivity index (χ1v) is 7.34. The maximum atomic E-state index is 4.56. The van der Waals surface area contributed by atoms with Crippen molar-refractivity contribution in [1.29, 1.82) is 0 Å². The Balaban J connectivity index is 2.23. The molecule has 0 fully saturated rings. The van der Waals surface area contributed by atoms with Gasteiger partial charge < -0.3 is 10.2 Å². The molecule has 1 aromatic heterocycles. The van der Waals surface area contributed by atoms with E-state index < -0.39 is 0 Å². The van der Waals surface area contributed by atoms with Crippen molar-refractivity contribution in [3.05, 3.63) is 16.0 Å². The average Bonchev–Trinajstić information content (AvgIpc) is 2.34. The molecule has 4 nitrogen and oxygen atoms in total. The minimum Gasteiger partial charge on any atom is -0.359 e. The van der Waals surface area contributed by atoms with Gasteiger partial charge in [0.25, 0.3) is 0 Å². The number of halogens is 1. The number of fused-ring (bicyclic) bond motifs is 1. The number of nitrogens with one attached hydrogen (secondary N) is 1. The van der Waals surface area contributed by atoms with Crippen LogP contribution in [0.2, 0.25) is 0 Å². The van der Waals surface area contributed by atoms with Gasteiger partial charge >= 0.3 is 0 Å². The molecule has 1 N–H and O–H groups in total. The van der Waals surface area contributed by atoms with Gasteiger partial charge in [0.1, 0.15) is 5.82 Å². The van der Waals surface area contributed by atoms with Crippen LogP contribution in [0.1, 0.15) is 31.5 Å². The number of aromatic nitrogens is 2. The number of rotatable bonds is 4. The Morgan fingerprint density at radius 3 is 2.89 bits per heavy atom. The van der Waals surface area contributed by atoms with E-state index in [1.165, 1.54) is 17.7 Å². The molecular formula is C13H21BrN4. The lowest BCUT2D eigenvalue weighted by atomic mass is 10.1. The van der Waals surface area contributed by atoms with Crippen LogP contribution in [0.15, 0.2) is 4.73 Å². The summed E-state index contributed by atoms with van der Waals surface area (Å²) in [6.45, 7) is 7.42. The fourth-order valence-electron chi connectivity index (χ4n) is 2.17. The molecule has 0 radical (unpaired) electrons. The number of anilines is 1. The highest BCUT2D eigenvalue weighted by Crippen LogP contribution is 2.24. The van der Waals surface area contributed by atoms with E-state index in [2.05, 4.69) is 57.0 Å². The van der Waals surface area contributed by atoms with E-state index in [1.54, 1.807) is 0 Å². The Morgan fingerprint density at radius 2 is 2.17 bits per heavy atom. The van der Waals surface area contributed by atoms with Crippen LogP contribution in [0.25, 0.3) is 0 Å². The molecule has 0 saturated heterocycles. The highest BCUT2D eigenvalue weighted by molar-refractivity contribution is 9.10. The Morgan fingerprint density at radius 1 is 1.39 bits per heavy atom. The molecule has 0 bridgehead atoms. The molecule has 1 aliphatic rings. The molecule has 0 aromatic carbocycles. The lowest BCUT2D eigenvalue weighted by molar-refractivity contribution is 0.577. The molecule has 0 amide bonds. The summed E-state index contributed by atoms with van der Waals surface area (Å²) < 4.78 is 0.703. The molecular weight excluding hydrogens is 292 g/mol. The fraction of sp³-hybridized carbons (Fsp3) is 0.692. The van der Waals surface area contributed by atoms with Gasteiger partial charge in [-0.25, -0.2) is 9.97 Å². The zero-order valence-electron chi connectivity index (χ0n) is 11.3. The van der Waals surface area contributed by atoms with Gasteiger partial charge in [-0.2, -0.15) is 0 Å². The first kappa shape index (κ1) is 13.7. The van der Waals surface area contributed by atoms with Crippen molar-refractivity contribution in [2.75, 3.05) is 25.0 Å². The third-order valence-electron chi connectivity index (χ3n) is 3.29. The molecule has 0 saturated carbocycles. The van der Waals surface area contributed by atoms with Crippen molar-refractivity contribution >= 4 is 21.7 Å². The second-order valence-corrected chi connectivity index (χ2v) is 5.98. The van der Waals surface area contributed by atoms with Gasteiger partial charge in [0, 0.05) is 38.7 Å². The predicted octanol–water partition coefficient (Wildman–Crippen LogP) is 2.37. The standard InChI is InChI=1S/C13H21BrN4/c1-9(2)5-7-18(3)12-10-8-15-6-4-11(10)16-13(14)17-12/h9,15H,4-8H2,1-3H3. The Bertz CT molecular complexity index is 420. The van der Waals surface area contributed by atoms with Gasteiger partial charge in [-0.3, -0.25) is 0 Å². The van der Waals surface area contributed by atoms with E-state index in [4.69, 9.17) is 0 Å². The van der Waals surface area contributed by atoms with E-state index in [0.717, 1.165) is 31.9 Å². The van der Waals surface area contributed by atoms with Crippen molar-refractivity contribution in [3.8, 4) is 0 Å². The molecule has 18 heavy (non-hydrogen) atoms. The fourth-order valence-corrected chi connectivity index (χ4v) is 2.55. The molecule has 2 rings (SSSR count). The zero-order valence-corrected chi connectivity index (χ0v) is 12.9. The lowest BCUT2D eigenvalue weighted by Crippen LogP contribution is -2.30. The van der Waals surface area contributed by atoms with E-state index in [-0.39, 0.29) is 0 Å². The van der Waals surface area contributed by atoms with Crippen molar-refractivity contribution in [3.63, 3.8) is 0 Å². The summed E-state index contributed by atoms with van der Waals surface area (Å²) in [6.07, 6.45) is 2.17. The van der Waals surface area contributed by atoms with E-state index >= 15 is 0 Å². The van der Waals surface area contributed by atoms with Crippen LogP contribution in [0.4, 0.5) is 5.82 Å². The smallest absolute Gasteiger partial charge is 0.198 e. The van der Waals surface area contributed by atoms with E-state index in [0.29, 0.717) is 10.7 Å². The van der Waals surface area contributed by atoms with Gasteiger partial charge in [0.05, 0.1) is 5.69 Å². The van der Waals surface area contributed by atoms with Gasteiger partial charge in [0.15, 0.2) is 4.73 Å². The second-order valence-electron chi connectivity index (χ2n) is 5.27. The Labute approximate surface area is 117 Å². The van der Waals surface area contributed by atoms with Crippen LogP contribution in [0, 0.1) is 5.92 Å². The highest BCUT2D eigenvalue weighted by atomic mass is 79.9.